The van der Waals surface area contributed by atoms with Gasteiger partial charge in [-0.2, -0.15) is 5.26 Å². The van der Waals surface area contributed by atoms with Gasteiger partial charge >= 0.3 is 0 Å². The third kappa shape index (κ3) is 2.13. The van der Waals surface area contributed by atoms with Gasteiger partial charge in [0, 0.05) is 17.3 Å². The van der Waals surface area contributed by atoms with Gasteiger partial charge in [-0.15, -0.1) is 0 Å². The number of nitriles is 1. The van der Waals surface area contributed by atoms with Crippen molar-refractivity contribution in [2.24, 2.45) is 0 Å². The van der Waals surface area contributed by atoms with Gasteiger partial charge in [0.15, 0.2) is 0 Å². The number of benzene rings is 1. The molecule has 0 saturated heterocycles. The second-order valence-corrected chi connectivity index (χ2v) is 3.87. The van der Waals surface area contributed by atoms with E-state index in [-0.39, 0.29) is 5.02 Å². The van der Waals surface area contributed by atoms with E-state index < -0.39 is 5.82 Å². The van der Waals surface area contributed by atoms with E-state index in [9.17, 15) is 4.39 Å². The summed E-state index contributed by atoms with van der Waals surface area (Å²) in [6.07, 6.45) is 1.38. The highest BCUT2D eigenvalue weighted by Crippen LogP contribution is 2.35. The maximum atomic E-state index is 13.4. The van der Waals surface area contributed by atoms with Gasteiger partial charge in [0.1, 0.15) is 11.9 Å². The van der Waals surface area contributed by atoms with Crippen molar-refractivity contribution < 1.29 is 9.13 Å². The van der Waals surface area contributed by atoms with Crippen molar-refractivity contribution in [2.45, 2.75) is 0 Å². The average molecular weight is 263 g/mol. The lowest BCUT2D eigenvalue weighted by molar-refractivity contribution is 0.399. The Morgan fingerprint density at radius 1 is 1.39 bits per heavy atom. The van der Waals surface area contributed by atoms with Crippen LogP contribution in [0.5, 0.6) is 5.88 Å². The molecule has 90 valence electrons. The van der Waals surface area contributed by atoms with Crippen LogP contribution in [0.4, 0.5) is 4.39 Å². The Morgan fingerprint density at radius 2 is 2.17 bits per heavy atom. The second kappa shape index (κ2) is 5.03. The zero-order valence-electron chi connectivity index (χ0n) is 9.45. The largest absolute Gasteiger partial charge is 0.481 e. The average Bonchev–Trinajstić information content (AvgIpc) is 2.41. The first-order valence-corrected chi connectivity index (χ1v) is 5.43. The molecule has 0 aliphatic carbocycles. The predicted octanol–water partition coefficient (Wildman–Crippen LogP) is 3.42. The van der Waals surface area contributed by atoms with E-state index in [1.54, 1.807) is 12.1 Å². The Labute approximate surface area is 108 Å². The molecule has 1 aromatic heterocycles. The molecule has 0 aliphatic heterocycles. The van der Waals surface area contributed by atoms with Crippen LogP contribution in [0.3, 0.4) is 0 Å². The van der Waals surface area contributed by atoms with E-state index in [0.717, 1.165) is 0 Å². The summed E-state index contributed by atoms with van der Waals surface area (Å²) in [4.78, 5) is 3.99. The molecule has 0 saturated carbocycles. The lowest BCUT2D eigenvalue weighted by Crippen LogP contribution is -1.94. The summed E-state index contributed by atoms with van der Waals surface area (Å²) in [7, 11) is 1.45. The maximum absolute atomic E-state index is 13.4. The van der Waals surface area contributed by atoms with E-state index in [1.807, 2.05) is 6.07 Å². The monoisotopic (exact) mass is 262 g/mol. The Morgan fingerprint density at radius 3 is 2.83 bits per heavy atom. The SMILES string of the molecule is COc1ncc(C#N)cc1-c1cccc(F)c1Cl. The van der Waals surface area contributed by atoms with Gasteiger partial charge in [-0.25, -0.2) is 9.37 Å². The van der Waals surface area contributed by atoms with Crippen LogP contribution in [0.25, 0.3) is 11.1 Å². The summed E-state index contributed by atoms with van der Waals surface area (Å²) in [6.45, 7) is 0. The van der Waals surface area contributed by atoms with Gasteiger partial charge in [-0.05, 0) is 12.1 Å². The number of pyridine rings is 1. The van der Waals surface area contributed by atoms with E-state index in [1.165, 1.54) is 25.4 Å². The number of rotatable bonds is 2. The van der Waals surface area contributed by atoms with Crippen molar-refractivity contribution in [2.75, 3.05) is 7.11 Å². The van der Waals surface area contributed by atoms with Crippen molar-refractivity contribution in [1.29, 1.82) is 5.26 Å². The van der Waals surface area contributed by atoms with Crippen molar-refractivity contribution in [3.63, 3.8) is 0 Å². The van der Waals surface area contributed by atoms with Crippen molar-refractivity contribution in [1.82, 2.24) is 4.98 Å². The van der Waals surface area contributed by atoms with Gasteiger partial charge in [0.05, 0.1) is 17.7 Å². The molecule has 2 aromatic rings. The normalized spacial score (nSPS) is 9.89. The fraction of sp³-hybridized carbons (Fsp3) is 0.0769. The minimum atomic E-state index is -0.529. The predicted molar refractivity (Wildman–Crippen MR) is 65.9 cm³/mol. The summed E-state index contributed by atoms with van der Waals surface area (Å²) in [5, 5.41) is 8.84. The van der Waals surface area contributed by atoms with Crippen LogP contribution >= 0.6 is 11.6 Å². The van der Waals surface area contributed by atoms with Gasteiger partial charge < -0.3 is 4.74 Å². The van der Waals surface area contributed by atoms with Crippen LogP contribution in [0.15, 0.2) is 30.5 Å². The van der Waals surface area contributed by atoms with Crippen LogP contribution in [0, 0.1) is 17.1 Å². The molecule has 0 N–H and O–H groups in total. The first kappa shape index (κ1) is 12.3. The molecule has 3 nitrogen and oxygen atoms in total. The van der Waals surface area contributed by atoms with Gasteiger partial charge in [-0.1, -0.05) is 23.7 Å². The minimum absolute atomic E-state index is 0.0207. The summed E-state index contributed by atoms with van der Waals surface area (Å²) >= 11 is 5.91. The Hall–Kier alpha value is -2.12. The minimum Gasteiger partial charge on any atom is -0.481 e. The van der Waals surface area contributed by atoms with Crippen LogP contribution < -0.4 is 4.74 Å². The van der Waals surface area contributed by atoms with E-state index in [4.69, 9.17) is 21.6 Å². The van der Waals surface area contributed by atoms with E-state index >= 15 is 0 Å². The smallest absolute Gasteiger partial charge is 0.221 e. The van der Waals surface area contributed by atoms with Gasteiger partial charge in [0.2, 0.25) is 5.88 Å². The van der Waals surface area contributed by atoms with Crippen LogP contribution in [0.1, 0.15) is 5.56 Å². The molecule has 0 unspecified atom stereocenters. The van der Waals surface area contributed by atoms with Crippen molar-refractivity contribution in [3.8, 4) is 23.1 Å². The zero-order valence-corrected chi connectivity index (χ0v) is 10.2. The quantitative estimate of drug-likeness (QED) is 0.833. The summed E-state index contributed by atoms with van der Waals surface area (Å²) in [6, 6.07) is 7.98. The third-order valence-electron chi connectivity index (χ3n) is 2.42. The van der Waals surface area contributed by atoms with Crippen LogP contribution in [-0.2, 0) is 0 Å². The first-order valence-electron chi connectivity index (χ1n) is 5.06. The number of methoxy groups -OCH3 is 1. The number of nitrogens with zero attached hydrogens (tertiary/aromatic N) is 2. The Kier molecular flexibility index (Phi) is 3.45. The zero-order chi connectivity index (χ0) is 13.1. The number of halogens is 2. The molecule has 0 radical (unpaired) electrons. The standard InChI is InChI=1S/C13H8ClFN2O/c1-18-13-10(5-8(6-16)7-17-13)9-3-2-4-11(15)12(9)14/h2-5,7H,1H3. The molecule has 2 rings (SSSR count). The number of ether oxygens (including phenoxy) is 1. The molecular formula is C13H8ClFN2O. The third-order valence-corrected chi connectivity index (χ3v) is 2.80. The molecular weight excluding hydrogens is 255 g/mol. The number of hydrogen-bond donors (Lipinski definition) is 0. The Balaban J connectivity index is 2.69. The molecule has 0 atom stereocenters. The number of aromatic nitrogens is 1. The molecule has 0 fully saturated rings. The fourth-order valence-corrected chi connectivity index (χ4v) is 1.81. The molecule has 1 heterocycles. The molecule has 18 heavy (non-hydrogen) atoms. The highest BCUT2D eigenvalue weighted by molar-refractivity contribution is 6.33. The van der Waals surface area contributed by atoms with E-state index in [2.05, 4.69) is 4.98 Å². The second-order valence-electron chi connectivity index (χ2n) is 3.49. The first-order chi connectivity index (χ1) is 8.67. The lowest BCUT2D eigenvalue weighted by Gasteiger charge is -2.09. The summed E-state index contributed by atoms with van der Waals surface area (Å²) in [5.74, 6) is -0.236. The fourth-order valence-electron chi connectivity index (χ4n) is 1.58. The Bertz CT molecular complexity index is 637. The maximum Gasteiger partial charge on any atom is 0.221 e. The molecule has 1 aromatic carbocycles. The van der Waals surface area contributed by atoms with Gasteiger partial charge in [0.25, 0.3) is 0 Å². The summed E-state index contributed by atoms with van der Waals surface area (Å²) < 4.78 is 18.5. The topological polar surface area (TPSA) is 45.9 Å². The van der Waals surface area contributed by atoms with Gasteiger partial charge in [-0.3, -0.25) is 0 Å². The highest BCUT2D eigenvalue weighted by Gasteiger charge is 2.14. The van der Waals surface area contributed by atoms with E-state index in [0.29, 0.717) is 22.6 Å². The molecule has 0 amide bonds. The molecule has 0 spiro atoms. The summed E-state index contributed by atoms with van der Waals surface area (Å²) in [5.41, 5.74) is 1.28. The molecule has 0 aliphatic rings. The van der Waals surface area contributed by atoms with Crippen molar-refractivity contribution >= 4 is 11.6 Å². The van der Waals surface area contributed by atoms with Crippen molar-refractivity contribution in [3.05, 3.63) is 46.9 Å². The highest BCUT2D eigenvalue weighted by atomic mass is 35.5. The molecule has 5 heteroatoms. The van der Waals surface area contributed by atoms with Crippen LogP contribution in [0.2, 0.25) is 5.02 Å². The van der Waals surface area contributed by atoms with Crippen LogP contribution in [-0.4, -0.2) is 12.1 Å². The lowest BCUT2D eigenvalue weighted by atomic mass is 10.1. The number of hydrogen-bond acceptors (Lipinski definition) is 3. The molecule has 0 bridgehead atoms.